The van der Waals surface area contributed by atoms with Crippen molar-refractivity contribution in [3.05, 3.63) is 83.7 Å². The fraction of sp³-hybridized carbons (Fsp3) is 0.217. The maximum atomic E-state index is 14.4. The highest BCUT2D eigenvalue weighted by Crippen LogP contribution is 2.28. The van der Waals surface area contributed by atoms with Gasteiger partial charge in [0.15, 0.2) is 0 Å². The summed E-state index contributed by atoms with van der Waals surface area (Å²) in [5.74, 6) is -0.0825. The predicted molar refractivity (Wildman–Crippen MR) is 102 cm³/mol. The number of rotatable bonds is 5. The van der Waals surface area contributed by atoms with Crippen LogP contribution < -0.4 is 0 Å². The van der Waals surface area contributed by atoms with E-state index in [4.69, 9.17) is 0 Å². The van der Waals surface area contributed by atoms with Crippen LogP contribution in [0, 0.1) is 5.82 Å². The first-order valence-corrected chi connectivity index (χ1v) is 8.64. The molecule has 3 aromatic carbocycles. The minimum Gasteiger partial charge on any atom is -0.206 e. The maximum absolute atomic E-state index is 14.4. The number of hydrogen-bond donors (Lipinski definition) is 0. The first-order chi connectivity index (χ1) is 11.7. The summed E-state index contributed by atoms with van der Waals surface area (Å²) in [4.78, 5) is 0. The normalized spacial score (nSPS) is 11.5. The standard InChI is InChI=1S/C23H23F/c1-3-5-6-7-17-8-10-19(11-9-17)20-14-15-22-21(16-20)13-12-18(4-2)23(22)24/h3,5,8-16H,4,6-7H2,1-2H3/b5-3+. The van der Waals surface area contributed by atoms with Crippen LogP contribution in [0.2, 0.25) is 0 Å². The van der Waals surface area contributed by atoms with Crippen molar-refractivity contribution < 1.29 is 4.39 Å². The molecule has 0 amide bonds. The quantitative estimate of drug-likeness (QED) is 0.458. The van der Waals surface area contributed by atoms with Crippen molar-refractivity contribution in [3.63, 3.8) is 0 Å². The third-order valence-electron chi connectivity index (χ3n) is 4.54. The zero-order valence-electron chi connectivity index (χ0n) is 14.4. The van der Waals surface area contributed by atoms with Crippen molar-refractivity contribution in [1.29, 1.82) is 0 Å². The van der Waals surface area contributed by atoms with Gasteiger partial charge in [-0.1, -0.05) is 67.6 Å². The number of benzene rings is 3. The van der Waals surface area contributed by atoms with Gasteiger partial charge in [-0.25, -0.2) is 4.39 Å². The molecular formula is C23H23F. The van der Waals surface area contributed by atoms with Gasteiger partial charge >= 0.3 is 0 Å². The molecule has 3 aromatic rings. The summed E-state index contributed by atoms with van der Waals surface area (Å²) in [5.41, 5.74) is 4.43. The molecule has 0 fully saturated rings. The highest BCUT2D eigenvalue weighted by molar-refractivity contribution is 5.88. The molecule has 0 radical (unpaired) electrons. The second-order valence-electron chi connectivity index (χ2n) is 6.13. The predicted octanol–water partition coefficient (Wildman–Crippen LogP) is 6.72. The Morgan fingerprint density at radius 2 is 1.67 bits per heavy atom. The summed E-state index contributed by atoms with van der Waals surface area (Å²) in [6.07, 6.45) is 7.14. The molecule has 0 aliphatic heterocycles. The smallest absolute Gasteiger partial charge is 0.134 e. The summed E-state index contributed by atoms with van der Waals surface area (Å²) in [5, 5.41) is 1.67. The highest BCUT2D eigenvalue weighted by Gasteiger charge is 2.07. The minimum absolute atomic E-state index is 0.0825. The van der Waals surface area contributed by atoms with E-state index >= 15 is 0 Å². The first kappa shape index (κ1) is 16.4. The van der Waals surface area contributed by atoms with Gasteiger partial charge in [0, 0.05) is 5.39 Å². The van der Waals surface area contributed by atoms with Gasteiger partial charge in [0.2, 0.25) is 0 Å². The Kier molecular flexibility index (Phi) is 5.10. The molecule has 0 aliphatic carbocycles. The fourth-order valence-electron chi connectivity index (χ4n) is 3.07. The van der Waals surface area contributed by atoms with Crippen molar-refractivity contribution in [2.45, 2.75) is 33.1 Å². The Hall–Kier alpha value is -2.41. The number of allylic oxidation sites excluding steroid dienone is 2. The van der Waals surface area contributed by atoms with E-state index in [1.165, 1.54) is 11.1 Å². The lowest BCUT2D eigenvalue weighted by atomic mass is 9.97. The minimum atomic E-state index is -0.0825. The van der Waals surface area contributed by atoms with Crippen LogP contribution in [0.25, 0.3) is 21.9 Å². The second-order valence-corrected chi connectivity index (χ2v) is 6.13. The van der Waals surface area contributed by atoms with Crippen LogP contribution in [0.1, 0.15) is 31.4 Å². The molecule has 24 heavy (non-hydrogen) atoms. The molecule has 0 aliphatic rings. The van der Waals surface area contributed by atoms with Crippen molar-refractivity contribution in [2.24, 2.45) is 0 Å². The largest absolute Gasteiger partial charge is 0.206 e. The molecule has 0 spiro atoms. The van der Waals surface area contributed by atoms with Crippen LogP contribution in [-0.2, 0) is 12.8 Å². The van der Waals surface area contributed by atoms with Gasteiger partial charge in [-0.3, -0.25) is 0 Å². The van der Waals surface area contributed by atoms with E-state index in [-0.39, 0.29) is 5.82 Å². The monoisotopic (exact) mass is 318 g/mol. The molecule has 122 valence electrons. The van der Waals surface area contributed by atoms with E-state index in [1.807, 2.05) is 31.2 Å². The zero-order chi connectivity index (χ0) is 16.9. The Bertz CT molecular complexity index is 857. The fourth-order valence-corrected chi connectivity index (χ4v) is 3.07. The Morgan fingerprint density at radius 1 is 0.917 bits per heavy atom. The molecular weight excluding hydrogens is 295 g/mol. The van der Waals surface area contributed by atoms with Crippen LogP contribution in [0.4, 0.5) is 4.39 Å². The molecule has 0 saturated heterocycles. The molecule has 3 rings (SSSR count). The van der Waals surface area contributed by atoms with Crippen LogP contribution >= 0.6 is 0 Å². The Labute approximate surface area is 143 Å². The molecule has 0 atom stereocenters. The van der Waals surface area contributed by atoms with Gasteiger partial charge in [0.1, 0.15) is 5.82 Å². The number of hydrogen-bond acceptors (Lipinski definition) is 0. The van der Waals surface area contributed by atoms with Gasteiger partial charge in [-0.05, 0) is 59.9 Å². The van der Waals surface area contributed by atoms with Crippen LogP contribution in [-0.4, -0.2) is 0 Å². The van der Waals surface area contributed by atoms with Crippen molar-refractivity contribution in [1.82, 2.24) is 0 Å². The van der Waals surface area contributed by atoms with Crippen molar-refractivity contribution in [2.75, 3.05) is 0 Å². The average molecular weight is 318 g/mol. The topological polar surface area (TPSA) is 0 Å². The lowest BCUT2D eigenvalue weighted by molar-refractivity contribution is 0.624. The van der Waals surface area contributed by atoms with E-state index in [9.17, 15) is 4.39 Å². The maximum Gasteiger partial charge on any atom is 0.134 e. The van der Waals surface area contributed by atoms with E-state index < -0.39 is 0 Å². The summed E-state index contributed by atoms with van der Waals surface area (Å²) in [7, 11) is 0. The Balaban J connectivity index is 1.89. The summed E-state index contributed by atoms with van der Waals surface area (Å²) in [6, 6.07) is 18.6. The van der Waals surface area contributed by atoms with Crippen molar-refractivity contribution >= 4 is 10.8 Å². The van der Waals surface area contributed by atoms with Gasteiger partial charge in [0.05, 0.1) is 0 Å². The van der Waals surface area contributed by atoms with E-state index in [0.717, 1.165) is 35.8 Å². The number of fused-ring (bicyclic) bond motifs is 1. The third-order valence-corrected chi connectivity index (χ3v) is 4.54. The molecule has 0 saturated carbocycles. The zero-order valence-corrected chi connectivity index (χ0v) is 14.4. The molecule has 0 heterocycles. The number of halogens is 1. The molecule has 0 unspecified atom stereocenters. The summed E-state index contributed by atoms with van der Waals surface area (Å²) in [6.45, 7) is 4.03. The van der Waals surface area contributed by atoms with Crippen molar-refractivity contribution in [3.8, 4) is 11.1 Å². The third kappa shape index (κ3) is 3.41. The summed E-state index contributed by atoms with van der Waals surface area (Å²) >= 11 is 0. The highest BCUT2D eigenvalue weighted by atomic mass is 19.1. The molecule has 0 N–H and O–H groups in total. The summed E-state index contributed by atoms with van der Waals surface area (Å²) < 4.78 is 14.4. The van der Waals surface area contributed by atoms with Crippen LogP contribution in [0.3, 0.4) is 0 Å². The van der Waals surface area contributed by atoms with E-state index in [0.29, 0.717) is 5.39 Å². The van der Waals surface area contributed by atoms with Crippen LogP contribution in [0.15, 0.2) is 66.7 Å². The average Bonchev–Trinajstić information content (AvgIpc) is 2.63. The molecule has 0 bridgehead atoms. The first-order valence-electron chi connectivity index (χ1n) is 8.64. The van der Waals surface area contributed by atoms with Gasteiger partial charge in [-0.15, -0.1) is 0 Å². The van der Waals surface area contributed by atoms with Gasteiger partial charge in [0.25, 0.3) is 0 Å². The van der Waals surface area contributed by atoms with E-state index in [1.54, 1.807) is 0 Å². The lowest BCUT2D eigenvalue weighted by Gasteiger charge is -2.08. The Morgan fingerprint density at radius 3 is 2.38 bits per heavy atom. The van der Waals surface area contributed by atoms with E-state index in [2.05, 4.69) is 49.4 Å². The molecule has 1 heteroatoms. The van der Waals surface area contributed by atoms with Gasteiger partial charge < -0.3 is 0 Å². The lowest BCUT2D eigenvalue weighted by Crippen LogP contribution is -1.90. The SMILES string of the molecule is C/C=C/CCc1ccc(-c2ccc3c(F)c(CC)ccc3c2)cc1. The molecule has 0 aromatic heterocycles. The van der Waals surface area contributed by atoms with Gasteiger partial charge in [-0.2, -0.15) is 0 Å². The second kappa shape index (κ2) is 7.44. The van der Waals surface area contributed by atoms with Crippen LogP contribution in [0.5, 0.6) is 0 Å². The molecule has 0 nitrogen and oxygen atoms in total. The number of aryl methyl sites for hydroxylation is 2.